The Morgan fingerprint density at radius 2 is 2.09 bits per heavy atom. The molecule has 1 fully saturated rings. The van der Waals surface area contributed by atoms with Gasteiger partial charge in [-0.25, -0.2) is 4.79 Å². The summed E-state index contributed by atoms with van der Waals surface area (Å²) in [4.78, 5) is 13.8. The standard InChI is InChI=1S/C17H28N4O2/c1-3-4-15-14-11-20(17(23)18-2)10-9-16(14)21(19-15)12-5-7-13(22)8-6-12/h12-13,22H,3-11H2,1-2H3,(H,18,23). The first-order chi connectivity index (χ1) is 11.1. The van der Waals surface area contributed by atoms with Gasteiger partial charge in [0, 0.05) is 31.3 Å². The summed E-state index contributed by atoms with van der Waals surface area (Å²) in [6, 6.07) is 0.399. The van der Waals surface area contributed by atoms with Gasteiger partial charge in [-0.2, -0.15) is 5.10 Å². The molecule has 2 aliphatic rings. The second-order valence-corrected chi connectivity index (χ2v) is 6.76. The van der Waals surface area contributed by atoms with Crippen LogP contribution in [0.5, 0.6) is 0 Å². The lowest BCUT2D eigenvalue weighted by molar-refractivity contribution is 0.106. The van der Waals surface area contributed by atoms with E-state index >= 15 is 0 Å². The van der Waals surface area contributed by atoms with Crippen molar-refractivity contribution in [1.29, 1.82) is 0 Å². The molecule has 0 atom stereocenters. The number of aromatic nitrogens is 2. The number of aryl methyl sites for hydroxylation is 1. The number of fused-ring (bicyclic) bond motifs is 1. The lowest BCUT2D eigenvalue weighted by Gasteiger charge is -2.30. The normalized spacial score (nSPS) is 24.4. The van der Waals surface area contributed by atoms with Crippen LogP contribution in [0.15, 0.2) is 0 Å². The topological polar surface area (TPSA) is 70.4 Å². The number of nitrogens with zero attached hydrogens (tertiary/aromatic N) is 3. The average Bonchev–Trinajstić information content (AvgIpc) is 2.93. The molecular formula is C17H28N4O2. The van der Waals surface area contributed by atoms with E-state index in [1.54, 1.807) is 7.05 Å². The van der Waals surface area contributed by atoms with Crippen LogP contribution in [0.2, 0.25) is 0 Å². The number of hydrogen-bond acceptors (Lipinski definition) is 3. The van der Waals surface area contributed by atoms with Crippen LogP contribution in [0.3, 0.4) is 0 Å². The van der Waals surface area contributed by atoms with E-state index in [4.69, 9.17) is 5.10 Å². The van der Waals surface area contributed by atoms with Crippen LogP contribution in [-0.4, -0.2) is 45.5 Å². The molecule has 2 N–H and O–H groups in total. The Morgan fingerprint density at radius 1 is 1.35 bits per heavy atom. The minimum absolute atomic E-state index is 0.00774. The number of urea groups is 1. The molecule has 1 saturated carbocycles. The molecule has 6 heteroatoms. The highest BCUT2D eigenvalue weighted by atomic mass is 16.3. The van der Waals surface area contributed by atoms with Crippen molar-refractivity contribution < 1.29 is 9.90 Å². The van der Waals surface area contributed by atoms with E-state index in [0.29, 0.717) is 12.6 Å². The number of aliphatic hydroxyl groups excluding tert-OH is 1. The zero-order chi connectivity index (χ0) is 16.4. The molecule has 2 heterocycles. The number of hydrogen-bond donors (Lipinski definition) is 2. The molecule has 0 aromatic carbocycles. The van der Waals surface area contributed by atoms with Crippen LogP contribution in [0, 0.1) is 0 Å². The van der Waals surface area contributed by atoms with E-state index in [9.17, 15) is 9.90 Å². The van der Waals surface area contributed by atoms with E-state index < -0.39 is 0 Å². The number of rotatable bonds is 3. The summed E-state index contributed by atoms with van der Waals surface area (Å²) in [5, 5.41) is 17.4. The molecule has 2 amide bonds. The molecule has 0 saturated heterocycles. The van der Waals surface area contributed by atoms with Gasteiger partial charge >= 0.3 is 6.03 Å². The van der Waals surface area contributed by atoms with Gasteiger partial charge in [0.05, 0.1) is 24.4 Å². The summed E-state index contributed by atoms with van der Waals surface area (Å²) < 4.78 is 2.23. The van der Waals surface area contributed by atoms with Gasteiger partial charge in [-0.3, -0.25) is 4.68 Å². The zero-order valence-corrected chi connectivity index (χ0v) is 14.2. The first kappa shape index (κ1) is 16.3. The van der Waals surface area contributed by atoms with E-state index in [1.807, 2.05) is 4.90 Å². The molecule has 128 valence electrons. The fourth-order valence-electron chi connectivity index (χ4n) is 3.89. The lowest BCUT2D eigenvalue weighted by Crippen LogP contribution is -2.41. The van der Waals surface area contributed by atoms with Gasteiger partial charge in [0.15, 0.2) is 0 Å². The van der Waals surface area contributed by atoms with Crippen molar-refractivity contribution in [3.8, 4) is 0 Å². The second kappa shape index (κ2) is 6.91. The third kappa shape index (κ3) is 3.22. The summed E-state index contributed by atoms with van der Waals surface area (Å²) >= 11 is 0. The Morgan fingerprint density at radius 3 is 2.74 bits per heavy atom. The van der Waals surface area contributed by atoms with Crippen LogP contribution < -0.4 is 5.32 Å². The maximum atomic E-state index is 12.0. The maximum Gasteiger partial charge on any atom is 0.317 e. The maximum absolute atomic E-state index is 12.0. The Balaban J connectivity index is 1.87. The largest absolute Gasteiger partial charge is 0.393 e. The molecular weight excluding hydrogens is 292 g/mol. The third-order valence-electron chi connectivity index (χ3n) is 5.17. The fraction of sp³-hybridized carbons (Fsp3) is 0.765. The number of carbonyl (C=O) groups excluding carboxylic acids is 1. The highest BCUT2D eigenvalue weighted by Gasteiger charge is 2.30. The van der Waals surface area contributed by atoms with Crippen molar-refractivity contribution in [1.82, 2.24) is 20.0 Å². The predicted molar refractivity (Wildman–Crippen MR) is 88.3 cm³/mol. The van der Waals surface area contributed by atoms with Gasteiger partial charge < -0.3 is 15.3 Å². The van der Waals surface area contributed by atoms with Crippen molar-refractivity contribution in [2.24, 2.45) is 0 Å². The Kier molecular flexibility index (Phi) is 4.90. The molecule has 1 aromatic rings. The zero-order valence-electron chi connectivity index (χ0n) is 14.2. The van der Waals surface area contributed by atoms with Crippen molar-refractivity contribution in [2.45, 2.75) is 70.6 Å². The van der Waals surface area contributed by atoms with E-state index in [0.717, 1.165) is 57.2 Å². The second-order valence-electron chi connectivity index (χ2n) is 6.76. The van der Waals surface area contributed by atoms with Gasteiger partial charge in [-0.05, 0) is 32.1 Å². The van der Waals surface area contributed by atoms with Crippen molar-refractivity contribution in [2.75, 3.05) is 13.6 Å². The van der Waals surface area contributed by atoms with Gasteiger partial charge in [-0.1, -0.05) is 13.3 Å². The van der Waals surface area contributed by atoms with Crippen molar-refractivity contribution >= 4 is 6.03 Å². The summed E-state index contributed by atoms with van der Waals surface area (Å²) in [7, 11) is 1.68. The number of nitrogens with one attached hydrogen (secondary N) is 1. The Hall–Kier alpha value is -1.56. The van der Waals surface area contributed by atoms with Gasteiger partial charge in [0.1, 0.15) is 0 Å². The van der Waals surface area contributed by atoms with Gasteiger partial charge in [0.2, 0.25) is 0 Å². The highest BCUT2D eigenvalue weighted by Crippen LogP contribution is 2.33. The van der Waals surface area contributed by atoms with Gasteiger partial charge in [-0.15, -0.1) is 0 Å². The molecule has 0 unspecified atom stereocenters. The van der Waals surface area contributed by atoms with Crippen molar-refractivity contribution in [3.63, 3.8) is 0 Å². The molecule has 0 radical (unpaired) electrons. The van der Waals surface area contributed by atoms with E-state index in [-0.39, 0.29) is 12.1 Å². The molecule has 3 rings (SSSR count). The minimum atomic E-state index is -0.142. The Labute approximate surface area is 137 Å². The summed E-state index contributed by atoms with van der Waals surface area (Å²) in [5.74, 6) is 0. The van der Waals surface area contributed by atoms with Crippen LogP contribution in [0.25, 0.3) is 0 Å². The molecule has 23 heavy (non-hydrogen) atoms. The molecule has 0 spiro atoms. The number of carbonyl (C=O) groups is 1. The smallest absolute Gasteiger partial charge is 0.317 e. The lowest BCUT2D eigenvalue weighted by atomic mass is 9.92. The predicted octanol–water partition coefficient (Wildman–Crippen LogP) is 2.01. The molecule has 1 aromatic heterocycles. The fourth-order valence-corrected chi connectivity index (χ4v) is 3.89. The van der Waals surface area contributed by atoms with E-state index in [1.165, 1.54) is 11.3 Å². The summed E-state index contributed by atoms with van der Waals surface area (Å²) in [5.41, 5.74) is 3.73. The molecule has 1 aliphatic heterocycles. The average molecular weight is 320 g/mol. The monoisotopic (exact) mass is 320 g/mol. The first-order valence-corrected chi connectivity index (χ1v) is 8.87. The van der Waals surface area contributed by atoms with Crippen LogP contribution in [0.1, 0.15) is 62.0 Å². The minimum Gasteiger partial charge on any atom is -0.393 e. The molecule has 0 bridgehead atoms. The SMILES string of the molecule is CCCc1nn(C2CCC(O)CC2)c2c1CN(C(=O)NC)CC2. The Bertz CT molecular complexity index is 561. The quantitative estimate of drug-likeness (QED) is 0.895. The van der Waals surface area contributed by atoms with Crippen LogP contribution in [-0.2, 0) is 19.4 Å². The number of aliphatic hydroxyl groups is 1. The summed E-state index contributed by atoms with van der Waals surface area (Å²) in [6.45, 7) is 3.58. The highest BCUT2D eigenvalue weighted by molar-refractivity contribution is 5.74. The summed E-state index contributed by atoms with van der Waals surface area (Å²) in [6.07, 6.45) is 6.49. The molecule has 6 nitrogen and oxygen atoms in total. The van der Waals surface area contributed by atoms with Crippen LogP contribution in [0.4, 0.5) is 4.79 Å². The first-order valence-electron chi connectivity index (χ1n) is 8.87. The molecule has 1 aliphatic carbocycles. The van der Waals surface area contributed by atoms with E-state index in [2.05, 4.69) is 16.9 Å². The van der Waals surface area contributed by atoms with Gasteiger partial charge in [0.25, 0.3) is 0 Å². The van der Waals surface area contributed by atoms with Crippen molar-refractivity contribution in [3.05, 3.63) is 17.0 Å². The third-order valence-corrected chi connectivity index (χ3v) is 5.17. The number of amides is 2. The van der Waals surface area contributed by atoms with Crippen LogP contribution >= 0.6 is 0 Å².